The molecule has 1 heterocycles. The molecule has 0 fully saturated rings. The first-order valence-corrected chi connectivity index (χ1v) is 8.61. The molecule has 5 nitrogen and oxygen atoms in total. The Hall–Kier alpha value is -1.66. The Morgan fingerprint density at radius 1 is 1.24 bits per heavy atom. The molecular formula is C15H20N2O3S. The van der Waals surface area contributed by atoms with Crippen molar-refractivity contribution in [1.29, 1.82) is 0 Å². The Kier molecular flexibility index (Phi) is 4.20. The standard InChI is InChI=1S/C15H20N2O3S/c1-15(2,21(3,19)20)10-16-9-12-8-11-6-4-5-7-13(11)17-14(12)18/h4-8,16H,9-10H2,1-3H3,(H,17,18). The van der Waals surface area contributed by atoms with E-state index in [0.29, 0.717) is 12.1 Å². The number of hydrogen-bond donors (Lipinski definition) is 2. The third kappa shape index (κ3) is 3.51. The molecule has 0 aliphatic rings. The molecule has 0 aliphatic carbocycles. The number of aromatic amines is 1. The lowest BCUT2D eigenvalue weighted by Crippen LogP contribution is -2.41. The molecule has 0 atom stereocenters. The van der Waals surface area contributed by atoms with Gasteiger partial charge in [-0.3, -0.25) is 4.79 Å². The number of hydrogen-bond acceptors (Lipinski definition) is 4. The van der Waals surface area contributed by atoms with Crippen LogP contribution >= 0.6 is 0 Å². The van der Waals surface area contributed by atoms with E-state index in [2.05, 4.69) is 10.3 Å². The molecule has 2 rings (SSSR count). The molecule has 0 unspecified atom stereocenters. The summed E-state index contributed by atoms with van der Waals surface area (Å²) in [6.07, 6.45) is 1.22. The van der Waals surface area contributed by atoms with E-state index in [9.17, 15) is 13.2 Å². The SMILES string of the molecule is CC(C)(CNCc1cc2ccccc2[nH]c1=O)S(C)(=O)=O. The van der Waals surface area contributed by atoms with E-state index in [4.69, 9.17) is 0 Å². The second kappa shape index (κ2) is 5.61. The average molecular weight is 308 g/mol. The van der Waals surface area contributed by atoms with Gasteiger partial charge in [-0.1, -0.05) is 18.2 Å². The van der Waals surface area contributed by atoms with Crippen molar-refractivity contribution in [2.45, 2.75) is 25.1 Å². The van der Waals surface area contributed by atoms with Crippen LogP contribution in [0.1, 0.15) is 19.4 Å². The highest BCUT2D eigenvalue weighted by atomic mass is 32.2. The van der Waals surface area contributed by atoms with Gasteiger partial charge in [0, 0.05) is 30.4 Å². The summed E-state index contributed by atoms with van der Waals surface area (Å²) >= 11 is 0. The Balaban J connectivity index is 2.14. The van der Waals surface area contributed by atoms with Gasteiger partial charge in [0.05, 0.1) is 4.75 Å². The maximum atomic E-state index is 12.0. The Labute approximate surface area is 124 Å². The molecule has 0 saturated heterocycles. The summed E-state index contributed by atoms with van der Waals surface area (Å²) in [4.78, 5) is 14.8. The average Bonchev–Trinajstić information content (AvgIpc) is 2.38. The summed E-state index contributed by atoms with van der Waals surface area (Å²) in [5.41, 5.74) is 1.24. The molecular weight excluding hydrogens is 288 g/mol. The molecule has 1 aromatic carbocycles. The van der Waals surface area contributed by atoms with Crippen LogP contribution in [-0.4, -0.2) is 30.9 Å². The highest BCUT2D eigenvalue weighted by Crippen LogP contribution is 2.14. The summed E-state index contributed by atoms with van der Waals surface area (Å²) in [5, 5.41) is 4.01. The summed E-state index contributed by atoms with van der Waals surface area (Å²) in [6, 6.07) is 9.37. The summed E-state index contributed by atoms with van der Waals surface area (Å²) in [7, 11) is -3.15. The van der Waals surface area contributed by atoms with Gasteiger partial charge in [0.25, 0.3) is 5.56 Å². The zero-order chi connectivity index (χ0) is 15.7. The highest BCUT2D eigenvalue weighted by molar-refractivity contribution is 7.92. The molecule has 0 bridgehead atoms. The van der Waals surface area contributed by atoms with Crippen LogP contribution in [0.15, 0.2) is 35.1 Å². The van der Waals surface area contributed by atoms with Gasteiger partial charge < -0.3 is 10.3 Å². The fraction of sp³-hybridized carbons (Fsp3) is 0.400. The van der Waals surface area contributed by atoms with Gasteiger partial charge in [-0.2, -0.15) is 0 Å². The van der Waals surface area contributed by atoms with Crippen molar-refractivity contribution in [3.63, 3.8) is 0 Å². The van der Waals surface area contributed by atoms with Gasteiger partial charge in [-0.15, -0.1) is 0 Å². The Morgan fingerprint density at radius 2 is 1.90 bits per heavy atom. The van der Waals surface area contributed by atoms with Crippen LogP contribution in [0, 0.1) is 0 Å². The zero-order valence-corrected chi connectivity index (χ0v) is 13.3. The van der Waals surface area contributed by atoms with Crippen molar-refractivity contribution in [2.75, 3.05) is 12.8 Å². The highest BCUT2D eigenvalue weighted by Gasteiger charge is 2.29. The van der Waals surface area contributed by atoms with Crippen LogP contribution in [0.2, 0.25) is 0 Å². The fourth-order valence-corrected chi connectivity index (χ4v) is 2.32. The Bertz CT molecular complexity index is 807. The van der Waals surface area contributed by atoms with Gasteiger partial charge in [-0.25, -0.2) is 8.42 Å². The number of rotatable bonds is 5. The number of benzene rings is 1. The lowest BCUT2D eigenvalue weighted by atomic mass is 10.1. The quantitative estimate of drug-likeness (QED) is 0.876. The van der Waals surface area contributed by atoms with Crippen LogP contribution in [0.25, 0.3) is 10.9 Å². The van der Waals surface area contributed by atoms with Crippen molar-refractivity contribution in [2.24, 2.45) is 0 Å². The molecule has 0 saturated carbocycles. The van der Waals surface area contributed by atoms with E-state index in [0.717, 1.165) is 10.9 Å². The van der Waals surface area contributed by atoms with E-state index < -0.39 is 14.6 Å². The zero-order valence-electron chi connectivity index (χ0n) is 12.4. The summed E-state index contributed by atoms with van der Waals surface area (Å²) in [5.74, 6) is 0. The smallest absolute Gasteiger partial charge is 0.252 e. The molecule has 0 spiro atoms. The monoisotopic (exact) mass is 308 g/mol. The van der Waals surface area contributed by atoms with Crippen molar-refractivity contribution < 1.29 is 8.42 Å². The van der Waals surface area contributed by atoms with Crippen molar-refractivity contribution in [3.8, 4) is 0 Å². The number of aromatic nitrogens is 1. The topological polar surface area (TPSA) is 79.0 Å². The van der Waals surface area contributed by atoms with Gasteiger partial charge in [0.15, 0.2) is 9.84 Å². The van der Waals surface area contributed by atoms with Gasteiger partial charge in [0.1, 0.15) is 0 Å². The summed E-state index contributed by atoms with van der Waals surface area (Å²) < 4.78 is 22.4. The molecule has 0 aliphatic heterocycles. The lowest BCUT2D eigenvalue weighted by Gasteiger charge is -2.22. The molecule has 1 aromatic heterocycles. The molecule has 0 amide bonds. The lowest BCUT2D eigenvalue weighted by molar-refractivity contribution is 0.521. The van der Waals surface area contributed by atoms with E-state index >= 15 is 0 Å². The number of para-hydroxylation sites is 1. The largest absolute Gasteiger partial charge is 0.322 e. The van der Waals surface area contributed by atoms with Crippen molar-refractivity contribution in [1.82, 2.24) is 10.3 Å². The van der Waals surface area contributed by atoms with E-state index in [1.807, 2.05) is 30.3 Å². The molecule has 2 N–H and O–H groups in total. The minimum atomic E-state index is -3.15. The number of H-pyrrole nitrogens is 1. The third-order valence-electron chi connectivity index (χ3n) is 3.70. The maximum absolute atomic E-state index is 12.0. The minimum Gasteiger partial charge on any atom is -0.322 e. The van der Waals surface area contributed by atoms with E-state index in [1.54, 1.807) is 13.8 Å². The summed E-state index contributed by atoms with van der Waals surface area (Å²) in [6.45, 7) is 3.96. The number of nitrogens with one attached hydrogen (secondary N) is 2. The maximum Gasteiger partial charge on any atom is 0.252 e. The van der Waals surface area contributed by atoms with Crippen LogP contribution < -0.4 is 10.9 Å². The predicted octanol–water partition coefficient (Wildman–Crippen LogP) is 1.44. The van der Waals surface area contributed by atoms with Gasteiger partial charge in [-0.05, 0) is 31.4 Å². The van der Waals surface area contributed by atoms with E-state index in [-0.39, 0.29) is 12.1 Å². The number of pyridine rings is 1. The molecule has 21 heavy (non-hydrogen) atoms. The third-order valence-corrected chi connectivity index (χ3v) is 5.85. The normalized spacial score (nSPS) is 12.7. The Morgan fingerprint density at radius 3 is 2.57 bits per heavy atom. The number of fused-ring (bicyclic) bond motifs is 1. The molecule has 2 aromatic rings. The number of sulfone groups is 1. The predicted molar refractivity (Wildman–Crippen MR) is 85.2 cm³/mol. The first-order valence-electron chi connectivity index (χ1n) is 6.72. The fourth-order valence-electron chi connectivity index (χ4n) is 1.95. The van der Waals surface area contributed by atoms with Crippen LogP contribution in [0.4, 0.5) is 0 Å². The van der Waals surface area contributed by atoms with Crippen LogP contribution in [0.5, 0.6) is 0 Å². The van der Waals surface area contributed by atoms with Crippen molar-refractivity contribution >= 4 is 20.7 Å². The van der Waals surface area contributed by atoms with Crippen LogP contribution in [-0.2, 0) is 16.4 Å². The molecule has 0 radical (unpaired) electrons. The first-order chi connectivity index (χ1) is 9.71. The first kappa shape index (κ1) is 15.7. The van der Waals surface area contributed by atoms with E-state index in [1.165, 1.54) is 6.26 Å². The minimum absolute atomic E-state index is 0.154. The van der Waals surface area contributed by atoms with Crippen LogP contribution in [0.3, 0.4) is 0 Å². The second-order valence-electron chi connectivity index (χ2n) is 5.85. The second-order valence-corrected chi connectivity index (χ2v) is 8.50. The van der Waals surface area contributed by atoms with Gasteiger partial charge in [0.2, 0.25) is 0 Å². The molecule has 6 heteroatoms. The van der Waals surface area contributed by atoms with Gasteiger partial charge >= 0.3 is 0 Å². The molecule has 114 valence electrons. The van der Waals surface area contributed by atoms with Crippen molar-refractivity contribution in [3.05, 3.63) is 46.2 Å².